The molecule has 15 heavy (non-hydrogen) atoms. The zero-order valence-electron chi connectivity index (χ0n) is 9.22. The minimum Gasteiger partial charge on any atom is -0.379 e. The maximum Gasteiger partial charge on any atom is 0.0594 e. The fourth-order valence-corrected chi connectivity index (χ4v) is 1.56. The summed E-state index contributed by atoms with van der Waals surface area (Å²) < 4.78 is 5.27. The molecule has 1 heterocycles. The molecule has 1 aliphatic rings. The Bertz CT molecular complexity index is 252. The van der Waals surface area contributed by atoms with Gasteiger partial charge in [0.15, 0.2) is 0 Å². The van der Waals surface area contributed by atoms with Crippen LogP contribution in [0, 0.1) is 0 Å². The van der Waals surface area contributed by atoms with Gasteiger partial charge in [-0.25, -0.2) is 0 Å². The number of azide groups is 1. The number of hydrogen-bond donors (Lipinski definition) is 0. The van der Waals surface area contributed by atoms with Crippen molar-refractivity contribution in [3.8, 4) is 0 Å². The molecule has 0 aromatic rings. The minimum atomic E-state index is 0.497. The third-order valence-corrected chi connectivity index (χ3v) is 2.60. The van der Waals surface area contributed by atoms with Crippen LogP contribution in [0.5, 0.6) is 0 Å². The second kappa shape index (κ2) is 7.29. The molecule has 1 saturated heterocycles. The molecule has 5 nitrogen and oxygen atoms in total. The monoisotopic (exact) mass is 210 g/mol. The van der Waals surface area contributed by atoms with Crippen molar-refractivity contribution in [2.45, 2.75) is 13.3 Å². The molecule has 0 atom stereocenters. The van der Waals surface area contributed by atoms with E-state index in [0.29, 0.717) is 6.54 Å². The summed E-state index contributed by atoms with van der Waals surface area (Å²) in [5, 5.41) is 3.58. The van der Waals surface area contributed by atoms with Gasteiger partial charge in [-0.2, -0.15) is 0 Å². The molecule has 0 bridgehead atoms. The summed E-state index contributed by atoms with van der Waals surface area (Å²) in [6, 6.07) is 0. The first-order valence-electron chi connectivity index (χ1n) is 5.32. The van der Waals surface area contributed by atoms with E-state index in [1.54, 1.807) is 0 Å². The molecule has 84 valence electrons. The summed E-state index contributed by atoms with van der Waals surface area (Å²) in [5.74, 6) is 0. The van der Waals surface area contributed by atoms with Gasteiger partial charge in [0.1, 0.15) is 0 Å². The van der Waals surface area contributed by atoms with Crippen LogP contribution in [0.2, 0.25) is 0 Å². The van der Waals surface area contributed by atoms with Gasteiger partial charge in [0.05, 0.1) is 13.2 Å². The van der Waals surface area contributed by atoms with Crippen molar-refractivity contribution in [3.63, 3.8) is 0 Å². The van der Waals surface area contributed by atoms with E-state index in [0.717, 1.165) is 39.3 Å². The van der Waals surface area contributed by atoms with Gasteiger partial charge in [0.25, 0.3) is 0 Å². The second-order valence-electron chi connectivity index (χ2n) is 3.54. The molecule has 1 fully saturated rings. The summed E-state index contributed by atoms with van der Waals surface area (Å²) in [5.41, 5.74) is 9.44. The predicted octanol–water partition coefficient (Wildman–Crippen LogP) is 1.97. The smallest absolute Gasteiger partial charge is 0.0594 e. The Kier molecular flexibility index (Phi) is 5.85. The Morgan fingerprint density at radius 3 is 2.87 bits per heavy atom. The average molecular weight is 210 g/mol. The van der Waals surface area contributed by atoms with E-state index in [1.807, 2.05) is 13.0 Å². The minimum absolute atomic E-state index is 0.497. The number of morpholine rings is 1. The van der Waals surface area contributed by atoms with Crippen LogP contribution < -0.4 is 0 Å². The van der Waals surface area contributed by atoms with Crippen molar-refractivity contribution in [2.24, 2.45) is 5.11 Å². The maximum atomic E-state index is 8.23. The summed E-state index contributed by atoms with van der Waals surface area (Å²) in [6.07, 6.45) is 3.02. The highest BCUT2D eigenvalue weighted by Crippen LogP contribution is 2.06. The van der Waals surface area contributed by atoms with Gasteiger partial charge < -0.3 is 4.74 Å². The zero-order valence-corrected chi connectivity index (χ0v) is 9.22. The highest BCUT2D eigenvalue weighted by Gasteiger charge is 2.09. The van der Waals surface area contributed by atoms with E-state index in [1.165, 1.54) is 5.57 Å². The molecule has 0 aromatic carbocycles. The van der Waals surface area contributed by atoms with Crippen molar-refractivity contribution in [1.29, 1.82) is 0 Å². The number of rotatable bonds is 5. The fraction of sp³-hybridized carbons (Fsp3) is 0.800. The highest BCUT2D eigenvalue weighted by atomic mass is 16.5. The quantitative estimate of drug-likeness (QED) is 0.301. The van der Waals surface area contributed by atoms with Crippen LogP contribution in [0.3, 0.4) is 0 Å². The molecular formula is C10H18N4O. The van der Waals surface area contributed by atoms with E-state index in [-0.39, 0.29) is 0 Å². The van der Waals surface area contributed by atoms with Crippen molar-refractivity contribution in [2.75, 3.05) is 39.4 Å². The molecule has 0 unspecified atom stereocenters. The molecule has 1 aliphatic heterocycles. The van der Waals surface area contributed by atoms with E-state index in [9.17, 15) is 0 Å². The topological polar surface area (TPSA) is 61.2 Å². The van der Waals surface area contributed by atoms with Crippen LogP contribution in [0.1, 0.15) is 13.3 Å². The molecular weight excluding hydrogens is 192 g/mol. The van der Waals surface area contributed by atoms with Gasteiger partial charge in [-0.05, 0) is 18.9 Å². The first kappa shape index (κ1) is 12.0. The lowest BCUT2D eigenvalue weighted by Gasteiger charge is -2.26. The predicted molar refractivity (Wildman–Crippen MR) is 59.6 cm³/mol. The van der Waals surface area contributed by atoms with Crippen LogP contribution in [-0.2, 0) is 4.74 Å². The third kappa shape index (κ3) is 4.83. The molecule has 0 aromatic heterocycles. The van der Waals surface area contributed by atoms with Crippen LogP contribution >= 0.6 is 0 Å². The molecule has 0 spiro atoms. The van der Waals surface area contributed by atoms with Crippen molar-refractivity contribution in [3.05, 3.63) is 22.1 Å². The van der Waals surface area contributed by atoms with E-state index < -0.39 is 0 Å². The third-order valence-electron chi connectivity index (χ3n) is 2.60. The van der Waals surface area contributed by atoms with Crippen LogP contribution in [-0.4, -0.2) is 44.3 Å². The molecule has 5 heteroatoms. The summed E-state index contributed by atoms with van der Waals surface area (Å²) in [6.45, 7) is 7.21. The lowest BCUT2D eigenvalue weighted by Crippen LogP contribution is -2.37. The van der Waals surface area contributed by atoms with Gasteiger partial charge in [-0.3, -0.25) is 4.90 Å². The van der Waals surface area contributed by atoms with Crippen LogP contribution in [0.25, 0.3) is 10.4 Å². The first-order chi connectivity index (χ1) is 7.36. The van der Waals surface area contributed by atoms with Crippen molar-refractivity contribution in [1.82, 2.24) is 4.90 Å². The molecule has 0 amide bonds. The first-order valence-corrected chi connectivity index (χ1v) is 5.32. The van der Waals surface area contributed by atoms with E-state index >= 15 is 0 Å². The van der Waals surface area contributed by atoms with E-state index in [4.69, 9.17) is 10.3 Å². The molecule has 1 rings (SSSR count). The lowest BCUT2D eigenvalue weighted by atomic mass is 10.1. The fourth-order valence-electron chi connectivity index (χ4n) is 1.56. The SMILES string of the molecule is C/C=C(/CCN1CCOCC1)CN=[N+]=[N-]. The highest BCUT2D eigenvalue weighted by molar-refractivity contribution is 5.03. The molecule has 0 saturated carbocycles. The Morgan fingerprint density at radius 2 is 2.27 bits per heavy atom. The summed E-state index contributed by atoms with van der Waals surface area (Å²) in [7, 11) is 0. The summed E-state index contributed by atoms with van der Waals surface area (Å²) in [4.78, 5) is 5.15. The second-order valence-corrected chi connectivity index (χ2v) is 3.54. The van der Waals surface area contributed by atoms with Gasteiger partial charge in [-0.1, -0.05) is 16.8 Å². The maximum absolute atomic E-state index is 8.23. The number of hydrogen-bond acceptors (Lipinski definition) is 3. The van der Waals surface area contributed by atoms with Crippen LogP contribution in [0.4, 0.5) is 0 Å². The van der Waals surface area contributed by atoms with Gasteiger partial charge in [0, 0.05) is 31.1 Å². The average Bonchev–Trinajstić information content (AvgIpc) is 2.31. The largest absolute Gasteiger partial charge is 0.379 e. The number of nitrogens with zero attached hydrogens (tertiary/aromatic N) is 4. The molecule has 0 aliphatic carbocycles. The van der Waals surface area contributed by atoms with E-state index in [2.05, 4.69) is 14.9 Å². The Labute approximate surface area is 90.3 Å². The Morgan fingerprint density at radius 1 is 1.53 bits per heavy atom. The number of allylic oxidation sites excluding steroid dienone is 1. The van der Waals surface area contributed by atoms with Gasteiger partial charge >= 0.3 is 0 Å². The number of ether oxygens (including phenoxy) is 1. The standard InChI is InChI=1S/C10H18N4O/c1-2-10(9-12-13-11)3-4-14-5-7-15-8-6-14/h2H,3-9H2,1H3/b10-2-. The van der Waals surface area contributed by atoms with Crippen LogP contribution in [0.15, 0.2) is 16.8 Å². The lowest BCUT2D eigenvalue weighted by molar-refractivity contribution is 0.0384. The molecule has 0 N–H and O–H groups in total. The van der Waals surface area contributed by atoms with Crippen molar-refractivity contribution >= 4 is 0 Å². The van der Waals surface area contributed by atoms with Gasteiger partial charge in [0.2, 0.25) is 0 Å². The van der Waals surface area contributed by atoms with Crippen molar-refractivity contribution < 1.29 is 4.74 Å². The molecule has 0 radical (unpaired) electrons. The Balaban J connectivity index is 2.23. The Hall–Kier alpha value is -1.03. The van der Waals surface area contributed by atoms with Gasteiger partial charge in [-0.15, -0.1) is 0 Å². The normalized spacial score (nSPS) is 18.6. The summed E-state index contributed by atoms with van der Waals surface area (Å²) >= 11 is 0. The zero-order chi connectivity index (χ0) is 10.9.